The van der Waals surface area contributed by atoms with Crippen LogP contribution in [-0.2, 0) is 11.3 Å². The Labute approximate surface area is 101 Å². The van der Waals surface area contributed by atoms with Crippen molar-refractivity contribution in [2.24, 2.45) is 0 Å². The molecule has 0 spiro atoms. The van der Waals surface area contributed by atoms with Crippen molar-refractivity contribution in [3.05, 3.63) is 35.1 Å². The Bertz CT molecular complexity index is 387. The van der Waals surface area contributed by atoms with E-state index in [1.165, 1.54) is 18.2 Å². The van der Waals surface area contributed by atoms with Gasteiger partial charge < -0.3 is 10.1 Å². The second-order valence-electron chi connectivity index (χ2n) is 3.72. The van der Waals surface area contributed by atoms with Gasteiger partial charge in [0.15, 0.2) is 0 Å². The van der Waals surface area contributed by atoms with E-state index in [-0.39, 0.29) is 12.4 Å². The van der Waals surface area contributed by atoms with Crippen LogP contribution in [0.2, 0.25) is 0 Å². The lowest BCUT2D eigenvalue weighted by molar-refractivity contribution is 0.120. The second-order valence-corrected chi connectivity index (χ2v) is 3.72. The van der Waals surface area contributed by atoms with Gasteiger partial charge in [-0.25, -0.2) is 4.39 Å². The van der Waals surface area contributed by atoms with E-state index >= 15 is 0 Å². The lowest BCUT2D eigenvalue weighted by atomic mass is 10.1. The van der Waals surface area contributed by atoms with Crippen LogP contribution in [-0.4, -0.2) is 19.7 Å². The minimum Gasteiger partial charge on any atom is -0.375 e. The number of ether oxygens (including phenoxy) is 1. The van der Waals surface area contributed by atoms with E-state index in [0.717, 1.165) is 19.5 Å². The van der Waals surface area contributed by atoms with E-state index < -0.39 is 0 Å². The highest BCUT2D eigenvalue weighted by atomic mass is 19.1. The molecule has 0 radical (unpaired) electrons. The molecule has 0 unspecified atom stereocenters. The van der Waals surface area contributed by atoms with Gasteiger partial charge in [-0.2, -0.15) is 5.26 Å². The standard InChI is InChI=1S/C13H17FN2O/c1-2-5-16-6-7-17-10-12-8-11(9-15)3-4-13(12)14/h3-4,8,16H,2,5-7,10H2,1H3. The summed E-state index contributed by atoms with van der Waals surface area (Å²) in [5.74, 6) is -0.328. The van der Waals surface area contributed by atoms with E-state index in [4.69, 9.17) is 10.00 Å². The molecule has 1 N–H and O–H groups in total. The zero-order chi connectivity index (χ0) is 12.5. The Kier molecular flexibility index (Phi) is 6.23. The van der Waals surface area contributed by atoms with Crippen LogP contribution in [0.1, 0.15) is 24.5 Å². The van der Waals surface area contributed by atoms with Crippen molar-refractivity contribution >= 4 is 0 Å². The number of halogens is 1. The summed E-state index contributed by atoms with van der Waals surface area (Å²) in [5.41, 5.74) is 0.883. The molecule has 0 amide bonds. The van der Waals surface area contributed by atoms with Gasteiger partial charge in [0.05, 0.1) is 24.8 Å². The summed E-state index contributed by atoms with van der Waals surface area (Å²) < 4.78 is 18.7. The molecule has 1 aromatic rings. The van der Waals surface area contributed by atoms with Gasteiger partial charge in [-0.05, 0) is 31.2 Å². The van der Waals surface area contributed by atoms with Crippen molar-refractivity contribution < 1.29 is 9.13 Å². The first kappa shape index (κ1) is 13.6. The van der Waals surface area contributed by atoms with Crippen LogP contribution < -0.4 is 5.32 Å². The Morgan fingerprint density at radius 1 is 1.41 bits per heavy atom. The van der Waals surface area contributed by atoms with Crippen molar-refractivity contribution in [1.82, 2.24) is 5.32 Å². The third kappa shape index (κ3) is 4.94. The predicted octanol–water partition coefficient (Wildman–Crippen LogP) is 2.21. The number of rotatable bonds is 7. The summed E-state index contributed by atoms with van der Waals surface area (Å²) in [5, 5.41) is 11.9. The number of hydrogen-bond donors (Lipinski definition) is 1. The van der Waals surface area contributed by atoms with E-state index in [9.17, 15) is 4.39 Å². The molecular weight excluding hydrogens is 219 g/mol. The fraction of sp³-hybridized carbons (Fsp3) is 0.462. The van der Waals surface area contributed by atoms with Gasteiger partial charge >= 0.3 is 0 Å². The third-order valence-electron chi connectivity index (χ3n) is 2.28. The SMILES string of the molecule is CCCNCCOCc1cc(C#N)ccc1F. The number of benzene rings is 1. The van der Waals surface area contributed by atoms with Crippen LogP contribution in [0, 0.1) is 17.1 Å². The summed E-state index contributed by atoms with van der Waals surface area (Å²) in [7, 11) is 0. The molecule has 0 saturated heterocycles. The molecule has 0 aromatic heterocycles. The lowest BCUT2D eigenvalue weighted by Gasteiger charge is -2.06. The fourth-order valence-corrected chi connectivity index (χ4v) is 1.38. The van der Waals surface area contributed by atoms with Crippen LogP contribution in [0.4, 0.5) is 4.39 Å². The van der Waals surface area contributed by atoms with Crippen molar-refractivity contribution in [1.29, 1.82) is 5.26 Å². The maximum Gasteiger partial charge on any atom is 0.128 e. The Balaban J connectivity index is 2.33. The minimum atomic E-state index is -0.328. The maximum absolute atomic E-state index is 13.3. The second kappa shape index (κ2) is 7.77. The number of hydrogen-bond acceptors (Lipinski definition) is 3. The summed E-state index contributed by atoms with van der Waals surface area (Å²) >= 11 is 0. The molecule has 92 valence electrons. The van der Waals surface area contributed by atoms with Gasteiger partial charge in [-0.15, -0.1) is 0 Å². The van der Waals surface area contributed by atoms with Crippen LogP contribution in [0.15, 0.2) is 18.2 Å². The molecular formula is C13H17FN2O. The van der Waals surface area contributed by atoms with Crippen molar-refractivity contribution in [3.8, 4) is 6.07 Å². The van der Waals surface area contributed by atoms with Crippen LogP contribution in [0.5, 0.6) is 0 Å². The highest BCUT2D eigenvalue weighted by Crippen LogP contribution is 2.11. The molecule has 0 saturated carbocycles. The smallest absolute Gasteiger partial charge is 0.128 e. The van der Waals surface area contributed by atoms with Crippen molar-refractivity contribution in [2.45, 2.75) is 20.0 Å². The first-order chi connectivity index (χ1) is 8.27. The normalized spacial score (nSPS) is 10.2. The molecule has 1 aromatic carbocycles. The summed E-state index contributed by atoms with van der Waals surface area (Å²) in [6.45, 7) is 4.55. The van der Waals surface area contributed by atoms with Gasteiger partial charge in [0.1, 0.15) is 5.82 Å². The Hall–Kier alpha value is -1.44. The predicted molar refractivity (Wildman–Crippen MR) is 63.9 cm³/mol. The minimum absolute atomic E-state index is 0.204. The first-order valence-electron chi connectivity index (χ1n) is 5.75. The molecule has 0 aliphatic carbocycles. The molecule has 17 heavy (non-hydrogen) atoms. The average Bonchev–Trinajstić information content (AvgIpc) is 2.35. The van der Waals surface area contributed by atoms with E-state index in [1.54, 1.807) is 0 Å². The largest absolute Gasteiger partial charge is 0.375 e. The zero-order valence-electron chi connectivity index (χ0n) is 10.0. The molecule has 0 atom stereocenters. The van der Waals surface area contributed by atoms with Crippen LogP contribution in [0.3, 0.4) is 0 Å². The number of nitrogens with one attached hydrogen (secondary N) is 1. The van der Waals surface area contributed by atoms with Crippen LogP contribution in [0.25, 0.3) is 0 Å². The quantitative estimate of drug-likeness (QED) is 0.738. The third-order valence-corrected chi connectivity index (χ3v) is 2.28. The molecule has 0 fully saturated rings. The summed E-state index contributed by atoms with van der Waals surface area (Å²) in [6, 6.07) is 6.26. The Morgan fingerprint density at radius 2 is 2.24 bits per heavy atom. The summed E-state index contributed by atoms with van der Waals surface area (Å²) in [6.07, 6.45) is 1.08. The fourth-order valence-electron chi connectivity index (χ4n) is 1.38. The molecule has 4 heteroatoms. The highest BCUT2D eigenvalue weighted by Gasteiger charge is 2.03. The van der Waals surface area contributed by atoms with E-state index in [0.29, 0.717) is 17.7 Å². The van der Waals surface area contributed by atoms with Crippen LogP contribution >= 0.6 is 0 Å². The van der Waals surface area contributed by atoms with Gasteiger partial charge in [0, 0.05) is 12.1 Å². The van der Waals surface area contributed by atoms with Crippen molar-refractivity contribution in [2.75, 3.05) is 19.7 Å². The molecule has 0 bridgehead atoms. The van der Waals surface area contributed by atoms with E-state index in [1.807, 2.05) is 6.07 Å². The first-order valence-corrected chi connectivity index (χ1v) is 5.75. The zero-order valence-corrected chi connectivity index (χ0v) is 10.0. The average molecular weight is 236 g/mol. The van der Waals surface area contributed by atoms with Gasteiger partial charge in [0.25, 0.3) is 0 Å². The molecule has 0 aliphatic rings. The Morgan fingerprint density at radius 3 is 2.94 bits per heavy atom. The highest BCUT2D eigenvalue weighted by molar-refractivity contribution is 5.33. The van der Waals surface area contributed by atoms with Gasteiger partial charge in [-0.3, -0.25) is 0 Å². The van der Waals surface area contributed by atoms with Crippen molar-refractivity contribution in [3.63, 3.8) is 0 Å². The van der Waals surface area contributed by atoms with E-state index in [2.05, 4.69) is 12.2 Å². The monoisotopic (exact) mass is 236 g/mol. The summed E-state index contributed by atoms with van der Waals surface area (Å²) in [4.78, 5) is 0. The number of nitriles is 1. The maximum atomic E-state index is 13.3. The molecule has 0 aliphatic heterocycles. The topological polar surface area (TPSA) is 45.0 Å². The molecule has 3 nitrogen and oxygen atoms in total. The molecule has 0 heterocycles. The van der Waals surface area contributed by atoms with Gasteiger partial charge in [-0.1, -0.05) is 6.92 Å². The molecule has 1 rings (SSSR count). The van der Waals surface area contributed by atoms with Gasteiger partial charge in [0.2, 0.25) is 0 Å². The lowest BCUT2D eigenvalue weighted by Crippen LogP contribution is -2.20. The number of nitrogens with zero attached hydrogens (tertiary/aromatic N) is 1.